The van der Waals surface area contributed by atoms with Gasteiger partial charge >= 0.3 is 0 Å². The van der Waals surface area contributed by atoms with E-state index in [1.54, 1.807) is 0 Å². The lowest BCUT2D eigenvalue weighted by Crippen LogP contribution is -1.92. The Morgan fingerprint density at radius 3 is 1.35 bits per heavy atom. The number of thiophene rings is 2. The SMILES string of the molecule is c1ccc(-c2c3ccccc3c(-c3ccc(-c4ccc5c(c4)sc4ccc6c(ccc7sc8ccccc8c76)c45)c4ccccc34)c3ccccc23)cc1. The summed E-state index contributed by atoms with van der Waals surface area (Å²) in [6, 6.07) is 67.8. The van der Waals surface area contributed by atoms with Crippen LogP contribution in [-0.2, 0) is 0 Å². The first-order valence-corrected chi connectivity index (χ1v) is 20.1. The minimum Gasteiger partial charge on any atom is -0.135 e. The van der Waals surface area contributed by atoms with Gasteiger partial charge in [0, 0.05) is 40.3 Å². The van der Waals surface area contributed by atoms with E-state index in [1.165, 1.54) is 117 Å². The minimum atomic E-state index is 1.24. The summed E-state index contributed by atoms with van der Waals surface area (Å²) < 4.78 is 5.37. The zero-order valence-corrected chi connectivity index (χ0v) is 30.8. The Hall–Kier alpha value is -6.32. The number of fused-ring (bicyclic) bond motifs is 12. The Morgan fingerprint density at radius 1 is 0.241 bits per heavy atom. The fourth-order valence-corrected chi connectivity index (χ4v) is 11.5. The third-order valence-corrected chi connectivity index (χ3v) is 13.7. The maximum absolute atomic E-state index is 2.42. The molecule has 2 heterocycles. The monoisotopic (exact) mass is 718 g/mol. The Balaban J connectivity index is 1.07. The fraction of sp³-hybridized carbons (Fsp3) is 0. The van der Waals surface area contributed by atoms with Crippen molar-refractivity contribution in [2.45, 2.75) is 0 Å². The molecule has 0 radical (unpaired) electrons. The minimum absolute atomic E-state index is 1.24. The van der Waals surface area contributed by atoms with Gasteiger partial charge in [0.1, 0.15) is 0 Å². The number of hydrogen-bond donors (Lipinski definition) is 0. The highest BCUT2D eigenvalue weighted by Crippen LogP contribution is 2.48. The second kappa shape index (κ2) is 11.6. The number of hydrogen-bond acceptors (Lipinski definition) is 2. The Labute approximate surface area is 319 Å². The molecule has 0 bridgehead atoms. The largest absolute Gasteiger partial charge is 0.135 e. The molecule has 0 saturated heterocycles. The molecule has 0 atom stereocenters. The lowest BCUT2D eigenvalue weighted by molar-refractivity contribution is 1.66. The molecule has 0 amide bonds. The second-order valence-corrected chi connectivity index (χ2v) is 16.5. The van der Waals surface area contributed by atoms with Crippen LogP contribution in [0.1, 0.15) is 0 Å². The highest BCUT2D eigenvalue weighted by molar-refractivity contribution is 7.26. The van der Waals surface area contributed by atoms with E-state index < -0.39 is 0 Å². The van der Waals surface area contributed by atoms with Crippen molar-refractivity contribution in [1.29, 1.82) is 0 Å². The van der Waals surface area contributed by atoms with E-state index in [2.05, 4.69) is 182 Å². The van der Waals surface area contributed by atoms with Gasteiger partial charge in [-0.1, -0.05) is 158 Å². The van der Waals surface area contributed by atoms with Gasteiger partial charge in [-0.05, 0) is 101 Å². The van der Waals surface area contributed by atoms with Crippen LogP contribution >= 0.6 is 22.7 Å². The summed E-state index contributed by atoms with van der Waals surface area (Å²) in [6.07, 6.45) is 0. The van der Waals surface area contributed by atoms with Crippen LogP contribution in [-0.4, -0.2) is 0 Å². The quantitative estimate of drug-likeness (QED) is 0.160. The Kier molecular flexibility index (Phi) is 6.48. The molecule has 54 heavy (non-hydrogen) atoms. The van der Waals surface area contributed by atoms with Crippen LogP contribution in [0.5, 0.6) is 0 Å². The zero-order valence-electron chi connectivity index (χ0n) is 29.1. The van der Waals surface area contributed by atoms with Crippen molar-refractivity contribution in [2.24, 2.45) is 0 Å². The third-order valence-electron chi connectivity index (χ3n) is 11.5. The molecule has 10 aromatic carbocycles. The van der Waals surface area contributed by atoms with Crippen molar-refractivity contribution in [1.82, 2.24) is 0 Å². The topological polar surface area (TPSA) is 0 Å². The second-order valence-electron chi connectivity index (χ2n) is 14.3. The summed E-state index contributed by atoms with van der Waals surface area (Å²) in [5, 5.41) is 15.8. The molecule has 12 aromatic rings. The van der Waals surface area contributed by atoms with Crippen LogP contribution in [0.15, 0.2) is 182 Å². The zero-order chi connectivity index (χ0) is 35.3. The van der Waals surface area contributed by atoms with Crippen LogP contribution < -0.4 is 0 Å². The number of benzene rings is 10. The summed E-state index contributed by atoms with van der Waals surface area (Å²) in [5.74, 6) is 0. The molecule has 12 rings (SSSR count). The van der Waals surface area contributed by atoms with Gasteiger partial charge in [0.15, 0.2) is 0 Å². The third kappa shape index (κ3) is 4.30. The molecule has 0 N–H and O–H groups in total. The van der Waals surface area contributed by atoms with Crippen LogP contribution in [0.3, 0.4) is 0 Å². The number of rotatable bonds is 3. The molecule has 0 spiro atoms. The van der Waals surface area contributed by atoms with E-state index in [-0.39, 0.29) is 0 Å². The summed E-state index contributed by atoms with van der Waals surface area (Å²) in [7, 11) is 0. The van der Waals surface area contributed by atoms with Gasteiger partial charge in [0.05, 0.1) is 0 Å². The van der Waals surface area contributed by atoms with Gasteiger partial charge in [-0.3, -0.25) is 0 Å². The standard InChI is InChI=1S/C52H30S2/c1-2-12-31(13-3-1)49-36-16-6-8-18-38(36)50(39-19-9-7-17-37(39)49)40-25-24-33(34-14-4-5-15-35(34)40)32-22-23-44-48(30-32)54-47-29-27-41-42(52(44)47)26-28-46-51(41)43-20-10-11-21-45(43)53-46/h1-30H. The van der Waals surface area contributed by atoms with Crippen molar-refractivity contribution in [3.63, 3.8) is 0 Å². The predicted octanol–water partition coefficient (Wildman–Crippen LogP) is 16.0. The normalized spacial score (nSPS) is 12.1. The van der Waals surface area contributed by atoms with E-state index in [9.17, 15) is 0 Å². The van der Waals surface area contributed by atoms with Crippen LogP contribution in [0.4, 0.5) is 0 Å². The van der Waals surface area contributed by atoms with E-state index in [1.807, 2.05) is 22.7 Å². The lowest BCUT2D eigenvalue weighted by Gasteiger charge is -2.19. The van der Waals surface area contributed by atoms with Crippen molar-refractivity contribution < 1.29 is 0 Å². The average Bonchev–Trinajstić information content (AvgIpc) is 3.81. The van der Waals surface area contributed by atoms with E-state index in [0.29, 0.717) is 0 Å². The molecule has 0 aliphatic carbocycles. The first-order valence-electron chi connectivity index (χ1n) is 18.5. The highest BCUT2D eigenvalue weighted by Gasteiger charge is 2.20. The molecule has 0 aliphatic heterocycles. The first-order chi connectivity index (χ1) is 26.8. The van der Waals surface area contributed by atoms with Crippen molar-refractivity contribution >= 4 is 106 Å². The average molecular weight is 719 g/mol. The van der Waals surface area contributed by atoms with Gasteiger partial charge in [0.25, 0.3) is 0 Å². The van der Waals surface area contributed by atoms with Gasteiger partial charge in [-0.15, -0.1) is 22.7 Å². The van der Waals surface area contributed by atoms with Crippen molar-refractivity contribution in [3.8, 4) is 33.4 Å². The van der Waals surface area contributed by atoms with Gasteiger partial charge in [0.2, 0.25) is 0 Å². The fourth-order valence-electron chi connectivity index (χ4n) is 9.17. The molecule has 0 nitrogen and oxygen atoms in total. The Bertz CT molecular complexity index is 3430. The van der Waals surface area contributed by atoms with Crippen molar-refractivity contribution in [2.75, 3.05) is 0 Å². The molecule has 2 aromatic heterocycles. The predicted molar refractivity (Wildman–Crippen MR) is 239 cm³/mol. The smallest absolute Gasteiger partial charge is 0.0361 e. The van der Waals surface area contributed by atoms with E-state index >= 15 is 0 Å². The lowest BCUT2D eigenvalue weighted by atomic mass is 9.84. The highest BCUT2D eigenvalue weighted by atomic mass is 32.1. The van der Waals surface area contributed by atoms with Crippen LogP contribution in [0, 0.1) is 0 Å². The summed E-state index contributed by atoms with van der Waals surface area (Å²) in [4.78, 5) is 0. The van der Waals surface area contributed by atoms with Gasteiger partial charge in [-0.2, -0.15) is 0 Å². The van der Waals surface area contributed by atoms with Crippen LogP contribution in [0.25, 0.3) is 117 Å². The molecule has 0 fully saturated rings. The molecule has 0 saturated carbocycles. The summed E-state index contributed by atoms with van der Waals surface area (Å²) in [5.41, 5.74) is 7.62. The maximum Gasteiger partial charge on any atom is 0.0361 e. The summed E-state index contributed by atoms with van der Waals surface area (Å²) in [6.45, 7) is 0. The van der Waals surface area contributed by atoms with Crippen molar-refractivity contribution in [3.05, 3.63) is 182 Å². The Morgan fingerprint density at radius 2 is 0.704 bits per heavy atom. The van der Waals surface area contributed by atoms with Gasteiger partial charge < -0.3 is 0 Å². The van der Waals surface area contributed by atoms with E-state index in [4.69, 9.17) is 0 Å². The van der Waals surface area contributed by atoms with E-state index in [0.717, 1.165) is 0 Å². The molecule has 2 heteroatoms. The first kappa shape index (κ1) is 30.2. The molecule has 0 unspecified atom stereocenters. The molecule has 250 valence electrons. The van der Waals surface area contributed by atoms with Crippen LogP contribution in [0.2, 0.25) is 0 Å². The maximum atomic E-state index is 2.42. The molecular weight excluding hydrogens is 689 g/mol. The summed E-state index contributed by atoms with van der Waals surface area (Å²) >= 11 is 3.80. The molecular formula is C52H30S2. The molecule has 0 aliphatic rings. The van der Waals surface area contributed by atoms with Gasteiger partial charge in [-0.25, -0.2) is 0 Å².